The number of thiocarbonyl (C=S) groups is 1. The largest absolute Gasteiger partial charge is 0.507 e. The number of benzene rings is 1. The van der Waals surface area contributed by atoms with Gasteiger partial charge < -0.3 is 10.4 Å². The third kappa shape index (κ3) is 5.46. The van der Waals surface area contributed by atoms with Crippen molar-refractivity contribution < 1.29 is 5.11 Å². The molecule has 18 heavy (non-hydrogen) atoms. The van der Waals surface area contributed by atoms with Crippen molar-refractivity contribution in [1.29, 1.82) is 0 Å². The molecule has 1 rings (SSSR count). The van der Waals surface area contributed by atoms with E-state index in [2.05, 4.69) is 38.7 Å². The standard InChI is InChI=1S/C12H16BrN3OS/c1-2-3-6-14-12(18)16-15-8-9-7-10(13)4-5-11(9)17/h4-5,7-8,17H,2-3,6H2,1H3,(H2,14,16,18)/b15-8+. The van der Waals surface area contributed by atoms with Gasteiger partial charge in [0.1, 0.15) is 5.75 Å². The molecule has 1 aromatic rings. The quantitative estimate of drug-likeness (QED) is 0.336. The molecule has 0 aliphatic heterocycles. The summed E-state index contributed by atoms with van der Waals surface area (Å²) in [7, 11) is 0. The number of nitrogens with one attached hydrogen (secondary N) is 2. The monoisotopic (exact) mass is 329 g/mol. The van der Waals surface area contributed by atoms with Crippen LogP contribution in [0.2, 0.25) is 0 Å². The van der Waals surface area contributed by atoms with Crippen LogP contribution in [0.4, 0.5) is 0 Å². The summed E-state index contributed by atoms with van der Waals surface area (Å²) >= 11 is 8.36. The zero-order valence-corrected chi connectivity index (χ0v) is 12.5. The van der Waals surface area contributed by atoms with Crippen LogP contribution in [-0.4, -0.2) is 23.0 Å². The van der Waals surface area contributed by atoms with E-state index in [4.69, 9.17) is 12.2 Å². The van der Waals surface area contributed by atoms with Crippen LogP contribution in [0.25, 0.3) is 0 Å². The number of aromatic hydroxyl groups is 1. The number of nitrogens with zero attached hydrogens (tertiary/aromatic N) is 1. The lowest BCUT2D eigenvalue weighted by molar-refractivity contribution is 0.474. The van der Waals surface area contributed by atoms with E-state index in [-0.39, 0.29) is 5.75 Å². The number of phenolic OH excluding ortho intramolecular Hbond substituents is 1. The Labute approximate surface area is 121 Å². The van der Waals surface area contributed by atoms with Crippen molar-refractivity contribution in [1.82, 2.24) is 10.7 Å². The fourth-order valence-corrected chi connectivity index (χ4v) is 1.74. The summed E-state index contributed by atoms with van der Waals surface area (Å²) < 4.78 is 0.880. The summed E-state index contributed by atoms with van der Waals surface area (Å²) in [5, 5.41) is 17.1. The highest BCUT2D eigenvalue weighted by molar-refractivity contribution is 9.10. The maximum atomic E-state index is 9.59. The van der Waals surface area contributed by atoms with E-state index in [0.29, 0.717) is 10.7 Å². The van der Waals surface area contributed by atoms with Gasteiger partial charge in [0.25, 0.3) is 0 Å². The molecule has 3 N–H and O–H groups in total. The second kappa shape index (κ2) is 8.05. The first-order valence-electron chi connectivity index (χ1n) is 5.69. The Morgan fingerprint density at radius 1 is 1.56 bits per heavy atom. The van der Waals surface area contributed by atoms with Gasteiger partial charge >= 0.3 is 0 Å². The van der Waals surface area contributed by atoms with Crippen molar-refractivity contribution in [3.63, 3.8) is 0 Å². The van der Waals surface area contributed by atoms with Gasteiger partial charge in [0, 0.05) is 16.6 Å². The third-order valence-electron chi connectivity index (χ3n) is 2.18. The van der Waals surface area contributed by atoms with E-state index >= 15 is 0 Å². The summed E-state index contributed by atoms with van der Waals surface area (Å²) in [5.41, 5.74) is 3.32. The van der Waals surface area contributed by atoms with Crippen LogP contribution >= 0.6 is 28.1 Å². The molecule has 0 atom stereocenters. The van der Waals surface area contributed by atoms with E-state index in [9.17, 15) is 5.11 Å². The predicted molar refractivity (Wildman–Crippen MR) is 82.0 cm³/mol. The first-order chi connectivity index (χ1) is 8.63. The summed E-state index contributed by atoms with van der Waals surface area (Å²) in [6.45, 7) is 2.95. The Bertz CT molecular complexity index is 437. The molecule has 1 aromatic carbocycles. The van der Waals surface area contributed by atoms with Gasteiger partial charge in [-0.2, -0.15) is 5.10 Å². The van der Waals surface area contributed by atoms with Crippen LogP contribution in [0, 0.1) is 0 Å². The van der Waals surface area contributed by atoms with Crippen LogP contribution in [0.15, 0.2) is 27.8 Å². The van der Waals surface area contributed by atoms with Crippen LogP contribution in [0.3, 0.4) is 0 Å². The van der Waals surface area contributed by atoms with Crippen LogP contribution < -0.4 is 10.7 Å². The predicted octanol–water partition coefficient (Wildman–Crippen LogP) is 2.75. The zero-order chi connectivity index (χ0) is 13.4. The van der Waals surface area contributed by atoms with Gasteiger partial charge in [0.15, 0.2) is 5.11 Å². The second-order valence-corrected chi connectivity index (χ2v) is 5.01. The number of hydrogen-bond donors (Lipinski definition) is 3. The zero-order valence-electron chi connectivity index (χ0n) is 10.1. The van der Waals surface area contributed by atoms with Crippen molar-refractivity contribution in [3.8, 4) is 5.75 Å². The normalized spacial score (nSPS) is 10.6. The maximum absolute atomic E-state index is 9.59. The van der Waals surface area contributed by atoms with Crippen LogP contribution in [0.5, 0.6) is 5.75 Å². The van der Waals surface area contributed by atoms with Gasteiger partial charge in [-0.1, -0.05) is 29.3 Å². The molecule has 0 aliphatic carbocycles. The highest BCUT2D eigenvalue weighted by Crippen LogP contribution is 2.19. The highest BCUT2D eigenvalue weighted by atomic mass is 79.9. The molecular weight excluding hydrogens is 314 g/mol. The van der Waals surface area contributed by atoms with Gasteiger partial charge in [-0.15, -0.1) is 0 Å². The average molecular weight is 330 g/mol. The fraction of sp³-hybridized carbons (Fsp3) is 0.333. The van der Waals surface area contributed by atoms with Crippen LogP contribution in [-0.2, 0) is 0 Å². The minimum atomic E-state index is 0.175. The fourth-order valence-electron chi connectivity index (χ4n) is 1.21. The Hall–Kier alpha value is -1.14. The molecule has 0 saturated heterocycles. The van der Waals surface area contributed by atoms with Gasteiger partial charge in [-0.25, -0.2) is 0 Å². The third-order valence-corrected chi connectivity index (χ3v) is 2.90. The van der Waals surface area contributed by atoms with E-state index in [1.165, 1.54) is 6.21 Å². The van der Waals surface area contributed by atoms with Crippen molar-refractivity contribution in [2.45, 2.75) is 19.8 Å². The molecule has 0 amide bonds. The van der Waals surface area contributed by atoms with Gasteiger partial charge in [0.05, 0.1) is 6.21 Å². The highest BCUT2D eigenvalue weighted by Gasteiger charge is 1.98. The van der Waals surface area contributed by atoms with Gasteiger partial charge in [-0.05, 0) is 36.8 Å². The minimum Gasteiger partial charge on any atom is -0.507 e. The Morgan fingerprint density at radius 3 is 3.06 bits per heavy atom. The molecule has 98 valence electrons. The van der Waals surface area contributed by atoms with Crippen LogP contribution in [0.1, 0.15) is 25.3 Å². The second-order valence-electron chi connectivity index (χ2n) is 3.68. The van der Waals surface area contributed by atoms with E-state index in [1.807, 2.05) is 0 Å². The molecular formula is C12H16BrN3OS. The maximum Gasteiger partial charge on any atom is 0.186 e. The average Bonchev–Trinajstić information content (AvgIpc) is 2.34. The van der Waals surface area contributed by atoms with E-state index in [1.54, 1.807) is 18.2 Å². The Balaban J connectivity index is 2.44. The summed E-state index contributed by atoms with van der Waals surface area (Å²) in [4.78, 5) is 0. The smallest absolute Gasteiger partial charge is 0.186 e. The molecule has 0 spiro atoms. The summed E-state index contributed by atoms with van der Waals surface area (Å²) in [6, 6.07) is 5.13. The molecule has 0 fully saturated rings. The number of unbranched alkanes of at least 4 members (excludes halogenated alkanes) is 1. The molecule has 0 aliphatic rings. The first kappa shape index (κ1) is 14.9. The lowest BCUT2D eigenvalue weighted by Gasteiger charge is -2.05. The van der Waals surface area contributed by atoms with Crippen molar-refractivity contribution in [3.05, 3.63) is 28.2 Å². The number of phenols is 1. The SMILES string of the molecule is CCCCNC(=S)N/N=C/c1cc(Br)ccc1O. The number of hydrazone groups is 1. The molecule has 0 saturated carbocycles. The molecule has 0 unspecified atom stereocenters. The van der Waals surface area contributed by atoms with Crippen molar-refractivity contribution in [2.24, 2.45) is 5.10 Å². The molecule has 0 bridgehead atoms. The first-order valence-corrected chi connectivity index (χ1v) is 6.89. The number of halogens is 1. The topological polar surface area (TPSA) is 56.7 Å². The van der Waals surface area contributed by atoms with E-state index < -0.39 is 0 Å². The molecule has 0 radical (unpaired) electrons. The lowest BCUT2D eigenvalue weighted by Crippen LogP contribution is -2.32. The summed E-state index contributed by atoms with van der Waals surface area (Å²) in [6.07, 6.45) is 3.71. The number of rotatable bonds is 5. The van der Waals surface area contributed by atoms with Gasteiger partial charge in [-0.3, -0.25) is 5.43 Å². The molecule has 0 heterocycles. The molecule has 4 nitrogen and oxygen atoms in total. The Morgan fingerprint density at radius 2 is 2.33 bits per heavy atom. The van der Waals surface area contributed by atoms with Crippen molar-refractivity contribution in [2.75, 3.05) is 6.54 Å². The van der Waals surface area contributed by atoms with E-state index in [0.717, 1.165) is 23.9 Å². The molecule has 6 heteroatoms. The summed E-state index contributed by atoms with van der Waals surface area (Å²) in [5.74, 6) is 0.175. The lowest BCUT2D eigenvalue weighted by atomic mass is 10.2. The van der Waals surface area contributed by atoms with Crippen molar-refractivity contribution >= 4 is 39.5 Å². The molecule has 0 aromatic heterocycles. The van der Waals surface area contributed by atoms with Gasteiger partial charge in [0.2, 0.25) is 0 Å². The minimum absolute atomic E-state index is 0.175. The Kier molecular flexibility index (Phi) is 6.67. The number of hydrogen-bond acceptors (Lipinski definition) is 3.